The van der Waals surface area contributed by atoms with Gasteiger partial charge in [-0.2, -0.15) is 0 Å². The second-order valence-corrected chi connectivity index (χ2v) is 6.81. The van der Waals surface area contributed by atoms with E-state index in [2.05, 4.69) is 10.0 Å². The summed E-state index contributed by atoms with van der Waals surface area (Å²) in [6.07, 6.45) is 0. The molecule has 22 heavy (non-hydrogen) atoms. The van der Waals surface area contributed by atoms with E-state index in [0.29, 0.717) is 11.1 Å². The van der Waals surface area contributed by atoms with Gasteiger partial charge in [-0.1, -0.05) is 0 Å². The molecule has 1 aromatic carbocycles. The van der Waals surface area contributed by atoms with Crippen molar-refractivity contribution in [1.82, 2.24) is 14.9 Å². The molecule has 0 spiro atoms. The van der Waals surface area contributed by atoms with Gasteiger partial charge in [0.2, 0.25) is 15.9 Å². The number of benzene rings is 1. The Balaban J connectivity index is 3.27. The molecule has 122 valence electrons. The topological polar surface area (TPSA) is 95.6 Å². The van der Waals surface area contributed by atoms with Gasteiger partial charge in [0, 0.05) is 19.7 Å². The zero-order valence-corrected chi connectivity index (χ0v) is 14.2. The molecule has 1 rings (SSSR count). The number of sulfonamides is 1. The van der Waals surface area contributed by atoms with Crippen LogP contribution in [0.4, 0.5) is 0 Å². The molecule has 0 radical (unpaired) electrons. The van der Waals surface area contributed by atoms with E-state index < -0.39 is 15.9 Å². The van der Waals surface area contributed by atoms with Gasteiger partial charge in [-0.15, -0.1) is 0 Å². The van der Waals surface area contributed by atoms with Gasteiger partial charge in [0.15, 0.2) is 0 Å². The van der Waals surface area contributed by atoms with Crippen molar-refractivity contribution in [2.75, 3.05) is 27.7 Å². The Labute approximate surface area is 130 Å². The number of aryl methyl sites for hydroxylation is 1. The number of likely N-dealkylation sites (N-methyl/N-ethyl adjacent to an activating group) is 2. The summed E-state index contributed by atoms with van der Waals surface area (Å²) in [5.74, 6) is -0.720. The lowest BCUT2D eigenvalue weighted by Gasteiger charge is -2.18. The summed E-state index contributed by atoms with van der Waals surface area (Å²) in [5, 5.41) is 2.43. The third kappa shape index (κ3) is 3.83. The molecule has 0 aliphatic carbocycles. The Bertz CT molecular complexity index is 698. The van der Waals surface area contributed by atoms with Gasteiger partial charge in [-0.25, -0.2) is 13.1 Å². The first kappa shape index (κ1) is 18.1. The van der Waals surface area contributed by atoms with Crippen LogP contribution in [0.25, 0.3) is 0 Å². The van der Waals surface area contributed by atoms with E-state index in [-0.39, 0.29) is 22.9 Å². The number of hydrogen-bond donors (Lipinski definition) is 2. The largest absolute Gasteiger partial charge is 0.358 e. The Morgan fingerprint density at radius 2 is 1.77 bits per heavy atom. The van der Waals surface area contributed by atoms with Crippen LogP contribution in [0.3, 0.4) is 0 Å². The minimum absolute atomic E-state index is 0.0618. The highest BCUT2D eigenvalue weighted by Gasteiger charge is 2.21. The van der Waals surface area contributed by atoms with Crippen LogP contribution in [0.2, 0.25) is 0 Å². The molecule has 1 aromatic rings. The molecular formula is C14H21N3O4S. The molecule has 2 N–H and O–H groups in total. The van der Waals surface area contributed by atoms with Gasteiger partial charge in [0.05, 0.1) is 11.4 Å². The SMILES string of the molecule is CNC(=O)CN(C)C(=O)c1cc(C)c(C)c(S(=O)(=O)NC)c1. The summed E-state index contributed by atoms with van der Waals surface area (Å²) in [5.41, 5.74) is 1.50. The normalized spacial score (nSPS) is 11.1. The first-order valence-electron chi connectivity index (χ1n) is 6.65. The van der Waals surface area contributed by atoms with Gasteiger partial charge >= 0.3 is 0 Å². The quantitative estimate of drug-likeness (QED) is 0.797. The van der Waals surface area contributed by atoms with Crippen LogP contribution < -0.4 is 10.0 Å². The van der Waals surface area contributed by atoms with E-state index in [0.717, 1.165) is 0 Å². The third-order valence-electron chi connectivity index (χ3n) is 3.43. The zero-order chi connectivity index (χ0) is 17.1. The van der Waals surface area contributed by atoms with Crippen LogP contribution in [0.1, 0.15) is 21.5 Å². The molecule has 2 amide bonds. The first-order valence-corrected chi connectivity index (χ1v) is 8.13. The predicted molar refractivity (Wildman–Crippen MR) is 83.2 cm³/mol. The molecule has 0 saturated heterocycles. The standard InChI is InChI=1S/C14H21N3O4S/c1-9-6-11(14(19)17(5)8-13(18)15-3)7-12(10(9)2)22(20,21)16-4/h6-7,16H,8H2,1-5H3,(H,15,18). The first-order chi connectivity index (χ1) is 10.1. The lowest BCUT2D eigenvalue weighted by molar-refractivity contribution is -0.121. The lowest BCUT2D eigenvalue weighted by atomic mass is 10.1. The van der Waals surface area contributed by atoms with E-state index in [9.17, 15) is 18.0 Å². The predicted octanol–water partition coefficient (Wildman–Crippen LogP) is 0.0295. The van der Waals surface area contributed by atoms with Crippen molar-refractivity contribution in [3.05, 3.63) is 28.8 Å². The third-order valence-corrected chi connectivity index (χ3v) is 4.97. The number of carbonyl (C=O) groups excluding carboxylic acids is 2. The fraction of sp³-hybridized carbons (Fsp3) is 0.429. The number of hydrogen-bond acceptors (Lipinski definition) is 4. The van der Waals surface area contributed by atoms with Crippen molar-refractivity contribution >= 4 is 21.8 Å². The van der Waals surface area contributed by atoms with E-state index >= 15 is 0 Å². The Hall–Kier alpha value is -1.93. The van der Waals surface area contributed by atoms with Crippen LogP contribution in [0, 0.1) is 13.8 Å². The number of carbonyl (C=O) groups is 2. The molecule has 0 fully saturated rings. The smallest absolute Gasteiger partial charge is 0.254 e. The number of rotatable bonds is 5. The fourth-order valence-corrected chi connectivity index (χ4v) is 2.99. The monoisotopic (exact) mass is 327 g/mol. The maximum absolute atomic E-state index is 12.4. The second kappa shape index (κ2) is 6.89. The van der Waals surface area contributed by atoms with Crippen molar-refractivity contribution in [1.29, 1.82) is 0 Å². The molecule has 0 bridgehead atoms. The van der Waals surface area contributed by atoms with Crippen LogP contribution in [-0.4, -0.2) is 52.8 Å². The van der Waals surface area contributed by atoms with E-state index in [1.807, 2.05) is 0 Å². The average molecular weight is 327 g/mol. The van der Waals surface area contributed by atoms with Crippen molar-refractivity contribution in [3.63, 3.8) is 0 Å². The highest BCUT2D eigenvalue weighted by Crippen LogP contribution is 2.21. The van der Waals surface area contributed by atoms with Crippen molar-refractivity contribution in [2.45, 2.75) is 18.7 Å². The van der Waals surface area contributed by atoms with Crippen LogP contribution in [0.5, 0.6) is 0 Å². The summed E-state index contributed by atoms with van der Waals surface area (Å²) >= 11 is 0. The van der Waals surface area contributed by atoms with Crippen LogP contribution in [0.15, 0.2) is 17.0 Å². The van der Waals surface area contributed by atoms with Crippen LogP contribution in [-0.2, 0) is 14.8 Å². The minimum Gasteiger partial charge on any atom is -0.358 e. The van der Waals surface area contributed by atoms with Crippen LogP contribution >= 0.6 is 0 Å². The van der Waals surface area contributed by atoms with Crippen molar-refractivity contribution in [2.24, 2.45) is 0 Å². The number of nitrogens with one attached hydrogen (secondary N) is 2. The molecule has 0 aromatic heterocycles. The molecular weight excluding hydrogens is 306 g/mol. The summed E-state index contributed by atoms with van der Waals surface area (Å²) in [6.45, 7) is 3.32. The van der Waals surface area contributed by atoms with Gasteiger partial charge < -0.3 is 10.2 Å². The average Bonchev–Trinajstić information content (AvgIpc) is 2.48. The minimum atomic E-state index is -3.66. The zero-order valence-electron chi connectivity index (χ0n) is 13.4. The maximum Gasteiger partial charge on any atom is 0.254 e. The Morgan fingerprint density at radius 3 is 2.27 bits per heavy atom. The lowest BCUT2D eigenvalue weighted by Crippen LogP contribution is -2.37. The molecule has 0 aliphatic rings. The summed E-state index contributed by atoms with van der Waals surface area (Å²) < 4.78 is 26.3. The second-order valence-electron chi connectivity index (χ2n) is 4.96. The van der Waals surface area contributed by atoms with E-state index in [1.54, 1.807) is 19.9 Å². The molecule has 0 aliphatic heterocycles. The molecule has 0 heterocycles. The van der Waals surface area contributed by atoms with Gasteiger partial charge in [-0.05, 0) is 44.2 Å². The van der Waals surface area contributed by atoms with Crippen molar-refractivity contribution in [3.8, 4) is 0 Å². The molecule has 0 atom stereocenters. The number of nitrogens with zero attached hydrogens (tertiary/aromatic N) is 1. The van der Waals surface area contributed by atoms with Gasteiger partial charge in [-0.3, -0.25) is 9.59 Å². The summed E-state index contributed by atoms with van der Waals surface area (Å²) in [7, 11) is 0.621. The number of amides is 2. The van der Waals surface area contributed by atoms with Gasteiger partial charge in [0.1, 0.15) is 0 Å². The Morgan fingerprint density at radius 1 is 1.18 bits per heavy atom. The summed E-state index contributed by atoms with van der Waals surface area (Å²) in [4.78, 5) is 25.0. The molecule has 0 saturated carbocycles. The summed E-state index contributed by atoms with van der Waals surface area (Å²) in [6, 6.07) is 2.95. The van der Waals surface area contributed by atoms with E-state index in [1.165, 1.54) is 32.1 Å². The fourth-order valence-electron chi connectivity index (χ4n) is 1.93. The molecule has 7 nitrogen and oxygen atoms in total. The highest BCUT2D eigenvalue weighted by molar-refractivity contribution is 7.89. The van der Waals surface area contributed by atoms with Crippen molar-refractivity contribution < 1.29 is 18.0 Å². The highest BCUT2D eigenvalue weighted by atomic mass is 32.2. The molecule has 0 unspecified atom stereocenters. The molecule has 8 heteroatoms. The Kier molecular flexibility index (Phi) is 5.67. The maximum atomic E-state index is 12.4. The van der Waals surface area contributed by atoms with Gasteiger partial charge in [0.25, 0.3) is 5.91 Å². The van der Waals surface area contributed by atoms with E-state index in [4.69, 9.17) is 0 Å².